The van der Waals surface area contributed by atoms with Crippen molar-refractivity contribution < 1.29 is 0 Å². The van der Waals surface area contributed by atoms with Gasteiger partial charge in [-0.15, -0.1) is 0 Å². The predicted molar refractivity (Wildman–Crippen MR) is 86.6 cm³/mol. The second-order valence-electron chi connectivity index (χ2n) is 4.85. The molecule has 0 saturated heterocycles. The highest BCUT2D eigenvalue weighted by Crippen LogP contribution is 2.33. The molecule has 0 aromatic heterocycles. The van der Waals surface area contributed by atoms with Crippen LogP contribution in [0.4, 0.5) is 0 Å². The Morgan fingerprint density at radius 3 is 2.20 bits per heavy atom. The first-order valence-corrected chi connectivity index (χ1v) is 7.54. The Morgan fingerprint density at radius 1 is 0.900 bits per heavy atom. The van der Waals surface area contributed by atoms with Crippen molar-refractivity contribution in [2.75, 3.05) is 0 Å². The lowest BCUT2D eigenvalue weighted by molar-refractivity contribution is 0.569. The van der Waals surface area contributed by atoms with Crippen molar-refractivity contribution in [3.63, 3.8) is 0 Å². The van der Waals surface area contributed by atoms with Crippen LogP contribution in [-0.4, -0.2) is 0 Å². The number of benzene rings is 1. The fourth-order valence-electron chi connectivity index (χ4n) is 2.67. The molecule has 0 heteroatoms. The molecule has 2 aliphatic carbocycles. The SMILES string of the molecule is C1=C=CC(C2C=CC(c3ccccc3)CC2)=CC=1.CC. The summed E-state index contributed by atoms with van der Waals surface area (Å²) in [6, 6.07) is 10.8. The van der Waals surface area contributed by atoms with Gasteiger partial charge in [-0.2, -0.15) is 0 Å². The van der Waals surface area contributed by atoms with Gasteiger partial charge in [0.15, 0.2) is 0 Å². The normalized spacial score (nSPS) is 23.0. The first-order valence-electron chi connectivity index (χ1n) is 7.54. The number of hydrogen-bond acceptors (Lipinski definition) is 0. The van der Waals surface area contributed by atoms with Gasteiger partial charge < -0.3 is 0 Å². The van der Waals surface area contributed by atoms with Gasteiger partial charge in [-0.1, -0.05) is 67.8 Å². The molecule has 2 unspecified atom stereocenters. The van der Waals surface area contributed by atoms with Crippen LogP contribution < -0.4 is 0 Å². The summed E-state index contributed by atoms with van der Waals surface area (Å²) in [6.07, 6.45) is 13.3. The zero-order valence-electron chi connectivity index (χ0n) is 12.3. The van der Waals surface area contributed by atoms with Gasteiger partial charge in [-0.05, 0) is 42.2 Å². The van der Waals surface area contributed by atoms with Gasteiger partial charge in [0.05, 0.1) is 0 Å². The number of rotatable bonds is 2. The molecule has 0 nitrogen and oxygen atoms in total. The largest absolute Gasteiger partial charge is 0.0804 e. The summed E-state index contributed by atoms with van der Waals surface area (Å²) in [5, 5.41) is 0. The lowest BCUT2D eigenvalue weighted by Gasteiger charge is -2.24. The standard InChI is InChI=1S/C18H16.C2H6/c1-3-7-15(8-4-1)17-11-13-18(14-12-17)16-9-5-2-6-10-16;1-2/h1,3-5,7-11,13,17-18H,12,14H2;1-2H3. The second-order valence-corrected chi connectivity index (χ2v) is 4.85. The van der Waals surface area contributed by atoms with Crippen molar-refractivity contribution in [3.05, 3.63) is 83.3 Å². The lowest BCUT2D eigenvalue weighted by Crippen LogP contribution is -2.09. The molecule has 0 saturated carbocycles. The van der Waals surface area contributed by atoms with Gasteiger partial charge in [0.2, 0.25) is 0 Å². The first kappa shape index (κ1) is 14.4. The molecule has 20 heavy (non-hydrogen) atoms. The Bertz CT molecular complexity index is 574. The van der Waals surface area contributed by atoms with Crippen molar-refractivity contribution in [2.24, 2.45) is 5.92 Å². The fourth-order valence-corrected chi connectivity index (χ4v) is 2.67. The maximum Gasteiger partial charge on any atom is 0.00250 e. The maximum atomic E-state index is 3.04. The van der Waals surface area contributed by atoms with E-state index < -0.39 is 0 Å². The summed E-state index contributed by atoms with van der Waals surface area (Å²) in [4.78, 5) is 0. The minimum atomic E-state index is 0.552. The quantitative estimate of drug-likeness (QED) is 0.483. The van der Waals surface area contributed by atoms with Crippen LogP contribution in [0.5, 0.6) is 0 Å². The summed E-state index contributed by atoms with van der Waals surface area (Å²) >= 11 is 0. The molecule has 1 aromatic rings. The van der Waals surface area contributed by atoms with E-state index in [0.29, 0.717) is 11.8 Å². The van der Waals surface area contributed by atoms with Gasteiger partial charge in [0, 0.05) is 11.8 Å². The van der Waals surface area contributed by atoms with Crippen LogP contribution in [0.3, 0.4) is 0 Å². The molecule has 2 atom stereocenters. The smallest absolute Gasteiger partial charge is 0.00250 e. The van der Waals surface area contributed by atoms with Crippen LogP contribution >= 0.6 is 0 Å². The van der Waals surface area contributed by atoms with E-state index in [-0.39, 0.29) is 0 Å². The molecule has 2 aliphatic rings. The van der Waals surface area contributed by atoms with E-state index in [9.17, 15) is 0 Å². The molecule has 0 fully saturated rings. The zero-order valence-corrected chi connectivity index (χ0v) is 12.3. The third-order valence-electron chi connectivity index (χ3n) is 3.70. The van der Waals surface area contributed by atoms with Gasteiger partial charge in [-0.3, -0.25) is 0 Å². The average Bonchev–Trinajstić information content (AvgIpc) is 2.58. The van der Waals surface area contributed by atoms with Crippen molar-refractivity contribution in [1.29, 1.82) is 0 Å². The molecule has 0 bridgehead atoms. The van der Waals surface area contributed by atoms with Crippen LogP contribution in [0, 0.1) is 5.92 Å². The molecular weight excluding hydrogens is 240 g/mol. The predicted octanol–water partition coefficient (Wildman–Crippen LogP) is 5.57. The molecule has 0 N–H and O–H groups in total. The fraction of sp³-hybridized carbons (Fsp3) is 0.300. The molecule has 0 spiro atoms. The Labute approximate surface area is 122 Å². The minimum absolute atomic E-state index is 0.552. The Kier molecular flexibility index (Phi) is 5.44. The number of hydrogen-bond donors (Lipinski definition) is 0. The third-order valence-corrected chi connectivity index (χ3v) is 3.70. The Balaban J connectivity index is 0.000000704. The highest BCUT2D eigenvalue weighted by atomic mass is 14.2. The average molecular weight is 262 g/mol. The summed E-state index contributed by atoms with van der Waals surface area (Å²) in [6.45, 7) is 4.00. The van der Waals surface area contributed by atoms with E-state index in [4.69, 9.17) is 0 Å². The van der Waals surface area contributed by atoms with Crippen LogP contribution in [-0.2, 0) is 0 Å². The second kappa shape index (κ2) is 7.56. The Morgan fingerprint density at radius 2 is 1.60 bits per heavy atom. The van der Waals surface area contributed by atoms with Crippen molar-refractivity contribution in [1.82, 2.24) is 0 Å². The van der Waals surface area contributed by atoms with Gasteiger partial charge in [-0.25, -0.2) is 0 Å². The Hall–Kier alpha value is -2.00. The van der Waals surface area contributed by atoms with Gasteiger partial charge in [0.25, 0.3) is 0 Å². The van der Waals surface area contributed by atoms with Crippen LogP contribution in [0.15, 0.2) is 77.7 Å². The minimum Gasteiger partial charge on any atom is -0.0804 e. The molecular formula is C20H22. The maximum absolute atomic E-state index is 3.04. The van der Waals surface area contributed by atoms with Crippen molar-refractivity contribution in [3.8, 4) is 0 Å². The van der Waals surface area contributed by atoms with E-state index >= 15 is 0 Å². The molecule has 0 amide bonds. The molecule has 3 rings (SSSR count). The zero-order chi connectivity index (χ0) is 14.2. The summed E-state index contributed by atoms with van der Waals surface area (Å²) < 4.78 is 0. The monoisotopic (exact) mass is 262 g/mol. The van der Waals surface area contributed by atoms with Gasteiger partial charge in [0.1, 0.15) is 0 Å². The van der Waals surface area contributed by atoms with E-state index in [1.807, 2.05) is 19.9 Å². The van der Waals surface area contributed by atoms with Crippen LogP contribution in [0.2, 0.25) is 0 Å². The summed E-state index contributed by atoms with van der Waals surface area (Å²) in [7, 11) is 0. The topological polar surface area (TPSA) is 0 Å². The third kappa shape index (κ3) is 3.52. The molecule has 0 radical (unpaired) electrons. The van der Waals surface area contributed by atoms with Crippen molar-refractivity contribution >= 4 is 0 Å². The van der Waals surface area contributed by atoms with Gasteiger partial charge >= 0.3 is 0 Å². The molecule has 0 heterocycles. The van der Waals surface area contributed by atoms with Crippen molar-refractivity contribution in [2.45, 2.75) is 32.6 Å². The van der Waals surface area contributed by atoms with E-state index in [2.05, 4.69) is 66.1 Å². The highest BCUT2D eigenvalue weighted by molar-refractivity contribution is 5.34. The number of allylic oxidation sites excluding steroid dienone is 6. The molecule has 102 valence electrons. The van der Waals surface area contributed by atoms with E-state index in [1.165, 1.54) is 24.0 Å². The summed E-state index contributed by atoms with van der Waals surface area (Å²) in [5.41, 5.74) is 8.79. The molecule has 1 aromatic carbocycles. The first-order chi connectivity index (χ1) is 9.93. The van der Waals surface area contributed by atoms with Crippen LogP contribution in [0.1, 0.15) is 38.2 Å². The lowest BCUT2D eigenvalue weighted by atomic mass is 9.81. The summed E-state index contributed by atoms with van der Waals surface area (Å²) in [5.74, 6) is 1.14. The highest BCUT2D eigenvalue weighted by Gasteiger charge is 2.18. The molecule has 0 aliphatic heterocycles. The van der Waals surface area contributed by atoms with Crippen LogP contribution in [0.25, 0.3) is 0 Å². The van der Waals surface area contributed by atoms with E-state index in [1.54, 1.807) is 0 Å². The van der Waals surface area contributed by atoms with E-state index in [0.717, 1.165) is 0 Å².